The molecule has 0 aromatic heterocycles. The standard InChI is InChI=1S/C11H21N3O3/c1-8(2)11(7-17-4)9(15)13-10(14-11)12-5-6-16-3/h8H,5-7H2,1-4H3,(H2,12,13,14,15). The summed E-state index contributed by atoms with van der Waals surface area (Å²) in [6.45, 7) is 5.31. The number of carbonyl (C=O) groups is 1. The third kappa shape index (κ3) is 2.95. The van der Waals surface area contributed by atoms with Crippen molar-refractivity contribution < 1.29 is 14.3 Å². The highest BCUT2D eigenvalue weighted by Gasteiger charge is 2.47. The Labute approximate surface area is 102 Å². The summed E-state index contributed by atoms with van der Waals surface area (Å²) in [5, 5.41) is 5.86. The maximum atomic E-state index is 12.0. The van der Waals surface area contributed by atoms with E-state index in [9.17, 15) is 4.79 Å². The van der Waals surface area contributed by atoms with Gasteiger partial charge in [-0.15, -0.1) is 0 Å². The Morgan fingerprint density at radius 2 is 2.06 bits per heavy atom. The first-order chi connectivity index (χ1) is 8.06. The van der Waals surface area contributed by atoms with Crippen molar-refractivity contribution in [3.8, 4) is 0 Å². The molecule has 1 aliphatic rings. The van der Waals surface area contributed by atoms with E-state index in [2.05, 4.69) is 15.6 Å². The summed E-state index contributed by atoms with van der Waals surface area (Å²) in [5.74, 6) is 0.515. The van der Waals surface area contributed by atoms with Crippen LogP contribution in [-0.4, -0.2) is 51.4 Å². The van der Waals surface area contributed by atoms with Crippen LogP contribution in [0.4, 0.5) is 0 Å². The Bertz CT molecular complexity index is 304. The van der Waals surface area contributed by atoms with Gasteiger partial charge in [0.25, 0.3) is 5.91 Å². The van der Waals surface area contributed by atoms with Crippen molar-refractivity contribution in [1.29, 1.82) is 0 Å². The van der Waals surface area contributed by atoms with E-state index in [0.717, 1.165) is 0 Å². The van der Waals surface area contributed by atoms with E-state index in [1.54, 1.807) is 14.2 Å². The number of nitrogens with zero attached hydrogens (tertiary/aromatic N) is 1. The summed E-state index contributed by atoms with van der Waals surface area (Å²) in [5.41, 5.74) is -0.722. The molecule has 0 aromatic rings. The van der Waals surface area contributed by atoms with Crippen LogP contribution in [-0.2, 0) is 14.3 Å². The third-order valence-electron chi connectivity index (χ3n) is 2.90. The molecule has 17 heavy (non-hydrogen) atoms. The molecule has 1 heterocycles. The first kappa shape index (κ1) is 13.9. The van der Waals surface area contributed by atoms with E-state index in [-0.39, 0.29) is 11.8 Å². The number of hydrogen-bond donors (Lipinski definition) is 2. The summed E-state index contributed by atoms with van der Waals surface area (Å²) in [6, 6.07) is 0. The molecule has 1 saturated heterocycles. The van der Waals surface area contributed by atoms with Crippen LogP contribution in [0.5, 0.6) is 0 Å². The molecule has 1 aliphatic heterocycles. The molecule has 98 valence electrons. The van der Waals surface area contributed by atoms with Gasteiger partial charge in [-0.3, -0.25) is 15.1 Å². The number of rotatable bonds is 6. The number of hydrogen-bond acceptors (Lipinski definition) is 4. The number of methoxy groups -OCH3 is 2. The number of carbonyl (C=O) groups excluding carboxylic acids is 1. The van der Waals surface area contributed by atoms with Gasteiger partial charge < -0.3 is 14.8 Å². The molecule has 1 unspecified atom stereocenters. The summed E-state index contributed by atoms with van der Waals surface area (Å²) < 4.78 is 10.0. The Kier molecular flexibility index (Phi) is 4.89. The lowest BCUT2D eigenvalue weighted by molar-refractivity contribution is -0.127. The first-order valence-corrected chi connectivity index (χ1v) is 5.68. The van der Waals surface area contributed by atoms with Crippen molar-refractivity contribution in [2.75, 3.05) is 34.0 Å². The van der Waals surface area contributed by atoms with Crippen molar-refractivity contribution >= 4 is 11.9 Å². The van der Waals surface area contributed by atoms with Crippen molar-refractivity contribution in [2.24, 2.45) is 10.9 Å². The minimum Gasteiger partial charge on any atom is -0.383 e. The highest BCUT2D eigenvalue weighted by molar-refractivity contribution is 6.09. The van der Waals surface area contributed by atoms with Crippen LogP contribution in [0.3, 0.4) is 0 Å². The van der Waals surface area contributed by atoms with Crippen molar-refractivity contribution in [3.63, 3.8) is 0 Å². The smallest absolute Gasteiger partial charge is 0.255 e. The fourth-order valence-corrected chi connectivity index (χ4v) is 1.75. The minimum atomic E-state index is -0.722. The van der Waals surface area contributed by atoms with Crippen LogP contribution in [0.2, 0.25) is 0 Å². The van der Waals surface area contributed by atoms with Crippen LogP contribution in [0.1, 0.15) is 13.8 Å². The van der Waals surface area contributed by atoms with Crippen LogP contribution in [0, 0.1) is 5.92 Å². The first-order valence-electron chi connectivity index (χ1n) is 5.68. The average molecular weight is 243 g/mol. The molecule has 0 saturated carbocycles. The highest BCUT2D eigenvalue weighted by atomic mass is 16.5. The third-order valence-corrected chi connectivity index (χ3v) is 2.90. The lowest BCUT2D eigenvalue weighted by Gasteiger charge is -2.29. The number of amides is 1. The Morgan fingerprint density at radius 1 is 1.35 bits per heavy atom. The quantitative estimate of drug-likeness (QED) is 0.631. The van der Waals surface area contributed by atoms with Gasteiger partial charge in [0, 0.05) is 14.2 Å². The molecule has 2 N–H and O–H groups in total. The second kappa shape index (κ2) is 5.97. The van der Waals surface area contributed by atoms with E-state index in [1.807, 2.05) is 13.8 Å². The number of aliphatic imine (C=N–C) groups is 1. The molecule has 1 rings (SSSR count). The van der Waals surface area contributed by atoms with Crippen LogP contribution < -0.4 is 10.6 Å². The van der Waals surface area contributed by atoms with Crippen LogP contribution in [0.15, 0.2) is 4.99 Å². The van der Waals surface area contributed by atoms with Gasteiger partial charge in [0.05, 0.1) is 19.8 Å². The fourth-order valence-electron chi connectivity index (χ4n) is 1.75. The molecule has 1 amide bonds. The predicted molar refractivity (Wildman–Crippen MR) is 64.9 cm³/mol. The molecule has 1 fully saturated rings. The Balaban J connectivity index is 2.75. The highest BCUT2D eigenvalue weighted by Crippen LogP contribution is 2.21. The van der Waals surface area contributed by atoms with Crippen LogP contribution >= 0.6 is 0 Å². The average Bonchev–Trinajstić information content (AvgIpc) is 2.58. The van der Waals surface area contributed by atoms with Gasteiger partial charge in [-0.2, -0.15) is 0 Å². The molecule has 0 radical (unpaired) electrons. The Hall–Kier alpha value is -1.14. The molecule has 1 atom stereocenters. The Morgan fingerprint density at radius 3 is 2.59 bits per heavy atom. The second-order valence-electron chi connectivity index (χ2n) is 4.36. The molecule has 6 heteroatoms. The monoisotopic (exact) mass is 243 g/mol. The summed E-state index contributed by atoms with van der Waals surface area (Å²) in [4.78, 5) is 16.2. The lowest BCUT2D eigenvalue weighted by Crippen LogP contribution is -2.55. The summed E-state index contributed by atoms with van der Waals surface area (Å²) in [6.07, 6.45) is 0. The summed E-state index contributed by atoms with van der Waals surface area (Å²) >= 11 is 0. The van der Waals surface area contributed by atoms with E-state index >= 15 is 0 Å². The number of ether oxygens (including phenoxy) is 2. The normalized spacial score (nSPS) is 26.4. The maximum absolute atomic E-state index is 12.0. The van der Waals surface area contributed by atoms with Crippen molar-refractivity contribution in [2.45, 2.75) is 19.4 Å². The molecule has 0 aromatic carbocycles. The molecule has 0 spiro atoms. The predicted octanol–water partition coefficient (Wildman–Crippen LogP) is -0.251. The lowest BCUT2D eigenvalue weighted by atomic mass is 9.87. The molecule has 6 nitrogen and oxygen atoms in total. The van der Waals surface area contributed by atoms with Crippen molar-refractivity contribution in [1.82, 2.24) is 10.6 Å². The van der Waals surface area contributed by atoms with Gasteiger partial charge in [0.2, 0.25) is 0 Å². The van der Waals surface area contributed by atoms with Gasteiger partial charge in [-0.25, -0.2) is 0 Å². The molecular weight excluding hydrogens is 222 g/mol. The molecular formula is C11H21N3O3. The number of nitrogens with one attached hydrogen (secondary N) is 2. The SMILES string of the molecule is COCCN=C1NC(=O)C(COC)(C(C)C)N1. The van der Waals surface area contributed by atoms with E-state index in [1.165, 1.54) is 0 Å². The zero-order chi connectivity index (χ0) is 12.9. The van der Waals surface area contributed by atoms with Crippen LogP contribution in [0.25, 0.3) is 0 Å². The topological polar surface area (TPSA) is 72.0 Å². The van der Waals surface area contributed by atoms with Gasteiger partial charge in [-0.1, -0.05) is 13.8 Å². The van der Waals surface area contributed by atoms with E-state index in [4.69, 9.17) is 9.47 Å². The summed E-state index contributed by atoms with van der Waals surface area (Å²) in [7, 11) is 3.20. The van der Waals surface area contributed by atoms with E-state index < -0.39 is 5.54 Å². The van der Waals surface area contributed by atoms with Crippen molar-refractivity contribution in [3.05, 3.63) is 0 Å². The minimum absolute atomic E-state index is 0.0921. The maximum Gasteiger partial charge on any atom is 0.255 e. The largest absolute Gasteiger partial charge is 0.383 e. The van der Waals surface area contributed by atoms with Gasteiger partial charge in [0.1, 0.15) is 5.54 Å². The molecule has 0 aliphatic carbocycles. The van der Waals surface area contributed by atoms with E-state index in [0.29, 0.717) is 25.7 Å². The zero-order valence-electron chi connectivity index (χ0n) is 10.9. The second-order valence-corrected chi connectivity index (χ2v) is 4.36. The zero-order valence-corrected chi connectivity index (χ0v) is 10.9. The van der Waals surface area contributed by atoms with Gasteiger partial charge in [-0.05, 0) is 5.92 Å². The van der Waals surface area contributed by atoms with Gasteiger partial charge in [0.15, 0.2) is 5.96 Å². The van der Waals surface area contributed by atoms with Gasteiger partial charge >= 0.3 is 0 Å². The fraction of sp³-hybridized carbons (Fsp3) is 0.818. The number of guanidine groups is 1. The molecule has 0 bridgehead atoms.